The number of rotatable bonds is 3. The largest absolute Gasteiger partial charge is 0.444 e. The molecular weight excluding hydrogens is 405 g/mol. The van der Waals surface area contributed by atoms with E-state index in [4.69, 9.17) is 4.74 Å². The number of thiophene rings is 1. The minimum Gasteiger partial charge on any atom is -0.444 e. The van der Waals surface area contributed by atoms with Crippen LogP contribution in [-0.2, 0) is 10.9 Å². The summed E-state index contributed by atoms with van der Waals surface area (Å²) >= 11 is 1.32. The molecule has 1 saturated heterocycles. The zero-order chi connectivity index (χ0) is 21.2. The maximum atomic E-state index is 13.3. The third kappa shape index (κ3) is 5.81. The van der Waals surface area contributed by atoms with E-state index in [1.54, 1.807) is 43.2 Å². The van der Waals surface area contributed by atoms with Crippen molar-refractivity contribution in [3.8, 4) is 10.6 Å². The number of piperidine rings is 1. The molecule has 158 valence electrons. The lowest BCUT2D eigenvalue weighted by Gasteiger charge is -2.33. The zero-order valence-electron chi connectivity index (χ0n) is 16.4. The van der Waals surface area contributed by atoms with E-state index in [-0.39, 0.29) is 17.7 Å². The number of halogens is 3. The van der Waals surface area contributed by atoms with Gasteiger partial charge in [-0.1, -0.05) is 6.07 Å². The van der Waals surface area contributed by atoms with E-state index >= 15 is 0 Å². The van der Waals surface area contributed by atoms with Crippen molar-refractivity contribution in [3.05, 3.63) is 29.3 Å². The highest BCUT2D eigenvalue weighted by Crippen LogP contribution is 2.33. The highest BCUT2D eigenvalue weighted by molar-refractivity contribution is 7.13. The van der Waals surface area contributed by atoms with E-state index in [0.29, 0.717) is 30.8 Å². The standard InChI is InChI=1S/C19H23F3N4O2S/c1-18(2,3)28-17(27)23-12-6-8-26(9-7-12)16-24-13(14-5-4-10-29-14)11-15(25-16)19(20,21)22/h4-5,10-12H,6-9H2,1-3H3,(H,23,27). The van der Waals surface area contributed by atoms with E-state index in [1.807, 2.05) is 0 Å². The lowest BCUT2D eigenvalue weighted by atomic mass is 10.1. The molecular formula is C19H23F3N4O2S. The van der Waals surface area contributed by atoms with Crippen LogP contribution >= 0.6 is 11.3 Å². The Morgan fingerprint density at radius 3 is 2.48 bits per heavy atom. The van der Waals surface area contributed by atoms with Crippen LogP contribution in [0.5, 0.6) is 0 Å². The van der Waals surface area contributed by atoms with Crippen molar-refractivity contribution < 1.29 is 22.7 Å². The van der Waals surface area contributed by atoms with Crippen molar-refractivity contribution >= 4 is 23.4 Å². The molecule has 1 fully saturated rings. The van der Waals surface area contributed by atoms with Crippen LogP contribution in [0.4, 0.5) is 23.9 Å². The van der Waals surface area contributed by atoms with Gasteiger partial charge in [0.25, 0.3) is 0 Å². The fraction of sp³-hybridized carbons (Fsp3) is 0.526. The quantitative estimate of drug-likeness (QED) is 0.766. The molecule has 3 heterocycles. The molecule has 0 aliphatic carbocycles. The molecule has 0 radical (unpaired) electrons. The maximum Gasteiger partial charge on any atom is 0.433 e. The fourth-order valence-corrected chi connectivity index (χ4v) is 3.66. The second kappa shape index (κ2) is 8.17. The van der Waals surface area contributed by atoms with Gasteiger partial charge in [0.1, 0.15) is 5.60 Å². The minimum atomic E-state index is -4.56. The number of aromatic nitrogens is 2. The summed E-state index contributed by atoms with van der Waals surface area (Å²) in [6.45, 7) is 6.22. The summed E-state index contributed by atoms with van der Waals surface area (Å²) in [5, 5.41) is 4.60. The lowest BCUT2D eigenvalue weighted by Crippen LogP contribution is -2.46. The molecule has 29 heavy (non-hydrogen) atoms. The first-order valence-corrected chi connectivity index (χ1v) is 10.1. The summed E-state index contributed by atoms with van der Waals surface area (Å²) in [7, 11) is 0. The molecule has 1 aliphatic rings. The van der Waals surface area contributed by atoms with Crippen LogP contribution in [0.2, 0.25) is 0 Å². The molecule has 1 amide bonds. The molecule has 0 atom stereocenters. The number of carbonyl (C=O) groups is 1. The second-order valence-electron chi connectivity index (χ2n) is 7.82. The normalized spacial score (nSPS) is 16.0. The molecule has 2 aromatic heterocycles. The smallest absolute Gasteiger partial charge is 0.433 e. The van der Waals surface area contributed by atoms with Crippen LogP contribution < -0.4 is 10.2 Å². The van der Waals surface area contributed by atoms with E-state index in [1.165, 1.54) is 11.3 Å². The molecule has 2 aromatic rings. The van der Waals surface area contributed by atoms with E-state index in [9.17, 15) is 18.0 Å². The molecule has 1 aliphatic heterocycles. The number of anilines is 1. The summed E-state index contributed by atoms with van der Waals surface area (Å²) in [6, 6.07) is 4.37. The summed E-state index contributed by atoms with van der Waals surface area (Å²) in [5.74, 6) is 0.0546. The number of nitrogens with zero attached hydrogens (tertiary/aromatic N) is 3. The third-order valence-corrected chi connectivity index (χ3v) is 5.17. The molecule has 0 spiro atoms. The van der Waals surface area contributed by atoms with Crippen LogP contribution in [0.15, 0.2) is 23.6 Å². The molecule has 0 unspecified atom stereocenters. The Morgan fingerprint density at radius 2 is 1.93 bits per heavy atom. The van der Waals surface area contributed by atoms with Gasteiger partial charge in [0.15, 0.2) is 5.69 Å². The van der Waals surface area contributed by atoms with Gasteiger partial charge in [-0.3, -0.25) is 0 Å². The predicted octanol–water partition coefficient (Wildman–Crippen LogP) is 4.72. The Morgan fingerprint density at radius 1 is 1.24 bits per heavy atom. The summed E-state index contributed by atoms with van der Waals surface area (Å²) in [6.07, 6.45) is -3.92. The van der Waals surface area contributed by atoms with Gasteiger partial charge in [0, 0.05) is 19.1 Å². The van der Waals surface area contributed by atoms with Gasteiger partial charge in [-0.15, -0.1) is 11.3 Å². The van der Waals surface area contributed by atoms with Gasteiger partial charge in [-0.05, 0) is 51.1 Å². The average molecular weight is 428 g/mol. The Labute approximate surface area is 171 Å². The van der Waals surface area contributed by atoms with E-state index in [0.717, 1.165) is 6.07 Å². The van der Waals surface area contributed by atoms with Gasteiger partial charge in [-0.25, -0.2) is 14.8 Å². The number of hydrogen-bond acceptors (Lipinski definition) is 6. The molecule has 10 heteroatoms. The van der Waals surface area contributed by atoms with Gasteiger partial charge < -0.3 is 15.0 Å². The topological polar surface area (TPSA) is 67.3 Å². The first kappa shape index (κ1) is 21.4. The average Bonchev–Trinajstić information content (AvgIpc) is 3.14. The predicted molar refractivity (Wildman–Crippen MR) is 105 cm³/mol. The van der Waals surface area contributed by atoms with Crippen LogP contribution in [0, 0.1) is 0 Å². The summed E-state index contributed by atoms with van der Waals surface area (Å²) in [5.41, 5.74) is -1.29. The number of nitrogens with one attached hydrogen (secondary N) is 1. The number of hydrogen-bond donors (Lipinski definition) is 1. The fourth-order valence-electron chi connectivity index (χ4n) is 2.97. The van der Waals surface area contributed by atoms with Gasteiger partial charge in [-0.2, -0.15) is 13.2 Å². The molecule has 0 aromatic carbocycles. The number of carbonyl (C=O) groups excluding carboxylic acids is 1. The SMILES string of the molecule is CC(C)(C)OC(=O)NC1CCN(c2nc(-c3cccs3)cc(C(F)(F)F)n2)CC1. The Kier molecular flexibility index (Phi) is 6.02. The molecule has 0 bridgehead atoms. The Balaban J connectivity index is 1.72. The number of ether oxygens (including phenoxy) is 1. The van der Waals surface area contributed by atoms with Crippen LogP contribution in [0.25, 0.3) is 10.6 Å². The maximum absolute atomic E-state index is 13.3. The van der Waals surface area contributed by atoms with Crippen molar-refractivity contribution in [2.45, 2.75) is 51.4 Å². The number of amides is 1. The first-order valence-electron chi connectivity index (χ1n) is 9.26. The minimum absolute atomic E-state index is 0.0546. The Hall–Kier alpha value is -2.36. The van der Waals surface area contributed by atoms with Crippen LogP contribution in [0.3, 0.4) is 0 Å². The van der Waals surface area contributed by atoms with Crippen LogP contribution in [-0.4, -0.2) is 40.8 Å². The molecule has 3 rings (SSSR count). The monoisotopic (exact) mass is 428 g/mol. The molecule has 1 N–H and O–H groups in total. The summed E-state index contributed by atoms with van der Waals surface area (Å²) in [4.78, 5) is 22.4. The number of alkyl halides is 3. The highest BCUT2D eigenvalue weighted by Gasteiger charge is 2.35. The second-order valence-corrected chi connectivity index (χ2v) is 8.77. The molecule has 6 nitrogen and oxygen atoms in total. The Bertz CT molecular complexity index is 842. The van der Waals surface area contributed by atoms with Crippen molar-refractivity contribution in [2.75, 3.05) is 18.0 Å². The highest BCUT2D eigenvalue weighted by atomic mass is 32.1. The number of alkyl carbamates (subject to hydrolysis) is 1. The molecule has 0 saturated carbocycles. The van der Waals surface area contributed by atoms with Crippen LogP contribution in [0.1, 0.15) is 39.3 Å². The van der Waals surface area contributed by atoms with Crippen molar-refractivity contribution in [3.63, 3.8) is 0 Å². The van der Waals surface area contributed by atoms with E-state index < -0.39 is 23.6 Å². The lowest BCUT2D eigenvalue weighted by molar-refractivity contribution is -0.141. The first-order chi connectivity index (χ1) is 13.5. The van der Waals surface area contributed by atoms with Gasteiger partial charge in [0.2, 0.25) is 5.95 Å². The zero-order valence-corrected chi connectivity index (χ0v) is 17.2. The summed E-state index contributed by atoms with van der Waals surface area (Å²) < 4.78 is 45.2. The van der Waals surface area contributed by atoms with Crippen molar-refractivity contribution in [1.29, 1.82) is 0 Å². The van der Waals surface area contributed by atoms with Gasteiger partial charge >= 0.3 is 12.3 Å². The van der Waals surface area contributed by atoms with Crippen molar-refractivity contribution in [2.24, 2.45) is 0 Å². The van der Waals surface area contributed by atoms with Crippen molar-refractivity contribution in [1.82, 2.24) is 15.3 Å². The van der Waals surface area contributed by atoms with Gasteiger partial charge in [0.05, 0.1) is 10.6 Å². The van der Waals surface area contributed by atoms with E-state index in [2.05, 4.69) is 15.3 Å². The third-order valence-electron chi connectivity index (χ3n) is 4.28.